The van der Waals surface area contributed by atoms with Gasteiger partial charge in [0.1, 0.15) is 11.3 Å². The number of nitrogens with one attached hydrogen (secondary N) is 1. The number of amides is 2. The lowest BCUT2D eigenvalue weighted by Gasteiger charge is -2.32. The summed E-state index contributed by atoms with van der Waals surface area (Å²) in [6, 6.07) is 21.9. The third-order valence-corrected chi connectivity index (χ3v) is 7.95. The molecule has 13 heteroatoms. The van der Waals surface area contributed by atoms with Gasteiger partial charge in [-0.2, -0.15) is 13.2 Å². The minimum absolute atomic E-state index is 0.197. The number of carbonyl (C=O) groups excluding carboxylic acids is 3. The smallest absolute Gasteiger partial charge is 0.490 e. The highest BCUT2D eigenvalue weighted by atomic mass is 35.5. The van der Waals surface area contributed by atoms with E-state index in [1.54, 1.807) is 13.2 Å². The van der Waals surface area contributed by atoms with Crippen molar-refractivity contribution in [3.8, 4) is 16.9 Å². The molecule has 3 aromatic rings. The first-order valence-corrected chi connectivity index (χ1v) is 13.6. The number of fused-ring (bicyclic) bond motifs is 1. The molecule has 0 aliphatic carbocycles. The Morgan fingerprint density at radius 3 is 2.23 bits per heavy atom. The van der Waals surface area contributed by atoms with Crippen molar-refractivity contribution in [1.82, 2.24) is 10.2 Å². The maximum Gasteiger partial charge on any atom is 0.490 e. The molecule has 0 unspecified atom stereocenters. The lowest BCUT2D eigenvalue weighted by atomic mass is 9.76. The Kier molecular flexibility index (Phi) is 9.36. The molecule has 2 N–H and O–H groups in total. The average Bonchev–Trinajstić information content (AvgIpc) is 3.45. The predicted molar refractivity (Wildman–Crippen MR) is 153 cm³/mol. The first-order valence-electron chi connectivity index (χ1n) is 13.2. The van der Waals surface area contributed by atoms with Crippen LogP contribution in [0.1, 0.15) is 17.2 Å². The number of carboxylic acid groups (broad SMARTS) is 1. The van der Waals surface area contributed by atoms with Crippen LogP contribution in [-0.4, -0.2) is 66.7 Å². The SMILES string of the molecule is COC(=O)[C@]1(Cc2ccccc2)N[C@H](c2ccc(-c3cccc(Cl)c3)c(OC)c2)[C@@H]2C(=O)N(C)C(=O)[C@@H]21.O=C(O)C(F)(F)F. The minimum Gasteiger partial charge on any atom is -0.496 e. The van der Waals surface area contributed by atoms with Crippen LogP contribution in [0.5, 0.6) is 5.75 Å². The van der Waals surface area contributed by atoms with E-state index in [4.69, 9.17) is 31.0 Å². The van der Waals surface area contributed by atoms with Crippen LogP contribution in [0.4, 0.5) is 13.2 Å². The van der Waals surface area contributed by atoms with Gasteiger partial charge in [0.05, 0.1) is 26.1 Å². The van der Waals surface area contributed by atoms with E-state index in [-0.39, 0.29) is 12.3 Å². The first kappa shape index (κ1) is 32.5. The quantitative estimate of drug-likeness (QED) is 0.297. The van der Waals surface area contributed by atoms with Crippen LogP contribution < -0.4 is 10.1 Å². The van der Waals surface area contributed by atoms with Gasteiger partial charge in [-0.25, -0.2) is 4.79 Å². The Hall–Kier alpha value is -4.42. The van der Waals surface area contributed by atoms with Gasteiger partial charge in [-0.05, 0) is 34.9 Å². The minimum atomic E-state index is -5.08. The third kappa shape index (κ3) is 6.13. The van der Waals surface area contributed by atoms with E-state index in [1.165, 1.54) is 14.2 Å². The molecule has 0 radical (unpaired) electrons. The van der Waals surface area contributed by atoms with Gasteiger partial charge in [-0.15, -0.1) is 0 Å². The van der Waals surface area contributed by atoms with Gasteiger partial charge in [0.2, 0.25) is 11.8 Å². The van der Waals surface area contributed by atoms with E-state index in [2.05, 4.69) is 5.32 Å². The highest BCUT2D eigenvalue weighted by molar-refractivity contribution is 6.30. The fraction of sp³-hybridized carbons (Fsp3) is 0.290. The highest BCUT2D eigenvalue weighted by Crippen LogP contribution is 2.50. The lowest BCUT2D eigenvalue weighted by molar-refractivity contribution is -0.192. The van der Waals surface area contributed by atoms with E-state index in [9.17, 15) is 27.6 Å². The van der Waals surface area contributed by atoms with Gasteiger partial charge >= 0.3 is 18.1 Å². The Morgan fingerprint density at radius 1 is 1.00 bits per heavy atom. The number of imide groups is 1. The van der Waals surface area contributed by atoms with Gasteiger partial charge in [0.15, 0.2) is 0 Å². The molecule has 0 bridgehead atoms. The lowest BCUT2D eigenvalue weighted by Crippen LogP contribution is -2.57. The number of rotatable bonds is 6. The number of carbonyl (C=O) groups is 4. The Bertz CT molecular complexity index is 1580. The third-order valence-electron chi connectivity index (χ3n) is 7.71. The largest absolute Gasteiger partial charge is 0.496 e. The summed E-state index contributed by atoms with van der Waals surface area (Å²) in [7, 11) is 4.34. The number of halogens is 4. The zero-order valence-corrected chi connectivity index (χ0v) is 24.5. The van der Waals surface area contributed by atoms with Crippen LogP contribution in [-0.2, 0) is 30.3 Å². The van der Waals surface area contributed by atoms with E-state index < -0.39 is 47.4 Å². The van der Waals surface area contributed by atoms with Crippen molar-refractivity contribution < 1.29 is 46.9 Å². The molecule has 2 amide bonds. The molecule has 5 rings (SSSR count). The molecule has 2 fully saturated rings. The Labute approximate surface area is 255 Å². The number of methoxy groups -OCH3 is 2. The summed E-state index contributed by atoms with van der Waals surface area (Å²) in [5.41, 5.74) is 1.88. The van der Waals surface area contributed by atoms with Crippen LogP contribution in [0, 0.1) is 11.8 Å². The zero-order valence-electron chi connectivity index (χ0n) is 23.7. The molecular weight excluding hydrogens is 605 g/mol. The van der Waals surface area contributed by atoms with Gasteiger partial charge in [-0.1, -0.05) is 66.2 Å². The molecule has 0 saturated carbocycles. The average molecular weight is 633 g/mol. The molecule has 0 aromatic heterocycles. The van der Waals surface area contributed by atoms with Gasteiger partial charge < -0.3 is 14.6 Å². The fourth-order valence-electron chi connectivity index (χ4n) is 5.75. The maximum atomic E-state index is 13.4. The number of benzene rings is 3. The molecule has 44 heavy (non-hydrogen) atoms. The molecule has 232 valence electrons. The molecule has 2 heterocycles. The molecule has 3 aromatic carbocycles. The summed E-state index contributed by atoms with van der Waals surface area (Å²) < 4.78 is 42.7. The molecule has 2 aliphatic heterocycles. The van der Waals surface area contributed by atoms with Gasteiger partial charge in [0.25, 0.3) is 0 Å². The monoisotopic (exact) mass is 632 g/mol. The van der Waals surface area contributed by atoms with Crippen molar-refractivity contribution in [1.29, 1.82) is 0 Å². The number of carboxylic acids is 1. The standard InChI is InChI=1S/C29H27ClN2O5.C2HF3O2/c1-32-26(33)23-24(27(32)34)29(28(35)37-3,16-17-8-5-4-6-9-17)31-25(23)19-12-13-21(22(15-19)36-2)18-10-7-11-20(30)14-18;3-2(4,5)1(6)7/h4-15,23-25,31H,16H2,1-3H3;(H,6,7)/t23-,24-,25-,29-;/m1./s1. The molecule has 2 saturated heterocycles. The Balaban J connectivity index is 0.000000566. The van der Waals surface area contributed by atoms with Crippen LogP contribution in [0.2, 0.25) is 5.02 Å². The highest BCUT2D eigenvalue weighted by Gasteiger charge is 2.68. The second kappa shape index (κ2) is 12.7. The summed E-state index contributed by atoms with van der Waals surface area (Å²) in [6.07, 6.45) is -4.89. The van der Waals surface area contributed by atoms with E-state index >= 15 is 0 Å². The van der Waals surface area contributed by atoms with Crippen molar-refractivity contribution in [3.05, 3.63) is 88.9 Å². The number of likely N-dealkylation sites (tertiary alicyclic amines) is 1. The molecular formula is C31H28ClF3N2O7. The van der Waals surface area contributed by atoms with Crippen molar-refractivity contribution in [2.75, 3.05) is 21.3 Å². The topological polar surface area (TPSA) is 122 Å². The summed E-state index contributed by atoms with van der Waals surface area (Å²) in [6.45, 7) is 0. The predicted octanol–water partition coefficient (Wildman–Crippen LogP) is 4.68. The van der Waals surface area contributed by atoms with Gasteiger partial charge in [-0.3, -0.25) is 24.6 Å². The second-order valence-corrected chi connectivity index (χ2v) is 10.7. The molecule has 9 nitrogen and oxygen atoms in total. The van der Waals surface area contributed by atoms with Crippen LogP contribution in [0.15, 0.2) is 72.8 Å². The Morgan fingerprint density at radius 2 is 1.66 bits per heavy atom. The van der Waals surface area contributed by atoms with Crippen LogP contribution >= 0.6 is 11.6 Å². The maximum absolute atomic E-state index is 13.4. The van der Waals surface area contributed by atoms with E-state index in [1.807, 2.05) is 66.7 Å². The summed E-state index contributed by atoms with van der Waals surface area (Å²) >= 11 is 6.20. The number of nitrogens with zero attached hydrogens (tertiary/aromatic N) is 1. The molecule has 0 spiro atoms. The zero-order chi connectivity index (χ0) is 32.4. The first-order chi connectivity index (χ1) is 20.7. The number of ether oxygens (including phenoxy) is 2. The van der Waals surface area contributed by atoms with Crippen molar-refractivity contribution in [2.45, 2.75) is 24.2 Å². The number of hydrogen-bond acceptors (Lipinski definition) is 7. The van der Waals surface area contributed by atoms with Crippen LogP contribution in [0.25, 0.3) is 11.1 Å². The molecule has 2 aliphatic rings. The number of alkyl halides is 3. The summed E-state index contributed by atoms with van der Waals surface area (Å²) in [4.78, 5) is 50.2. The molecule has 4 atom stereocenters. The van der Waals surface area contributed by atoms with Gasteiger partial charge in [0, 0.05) is 30.1 Å². The summed E-state index contributed by atoms with van der Waals surface area (Å²) in [5, 5.41) is 11.1. The van der Waals surface area contributed by atoms with Crippen molar-refractivity contribution >= 4 is 35.4 Å². The van der Waals surface area contributed by atoms with E-state index in [0.29, 0.717) is 10.8 Å². The van der Waals surface area contributed by atoms with Crippen molar-refractivity contribution in [3.63, 3.8) is 0 Å². The fourth-order valence-corrected chi connectivity index (χ4v) is 5.94. The summed E-state index contributed by atoms with van der Waals surface area (Å²) in [5.74, 6) is -5.16. The normalized spacial score (nSPS) is 22.6. The number of esters is 1. The van der Waals surface area contributed by atoms with Crippen molar-refractivity contribution in [2.24, 2.45) is 11.8 Å². The second-order valence-electron chi connectivity index (χ2n) is 10.3. The number of hydrogen-bond donors (Lipinski definition) is 2. The van der Waals surface area contributed by atoms with Crippen LogP contribution in [0.3, 0.4) is 0 Å². The van der Waals surface area contributed by atoms with E-state index in [0.717, 1.165) is 27.2 Å². The number of aliphatic carboxylic acids is 1.